The maximum atomic E-state index is 13.3. The van der Waals surface area contributed by atoms with Gasteiger partial charge in [0, 0.05) is 39.9 Å². The van der Waals surface area contributed by atoms with Crippen LogP contribution in [0.3, 0.4) is 0 Å². The lowest BCUT2D eigenvalue weighted by atomic mass is 10.0. The molecule has 1 saturated heterocycles. The van der Waals surface area contributed by atoms with Crippen LogP contribution >= 0.6 is 23.1 Å². The SMILES string of the molecule is CC(C)(O/N=C(\C(=O)N[C@@H]1C(=O)N2C(C(=O)O)=C(c3ccc(C[n+]4ccc5cc(O)c(O)cc5c4)cn3)CS[C@H]12)c1csc(N)n1)C(=O)O. The zero-order chi connectivity index (χ0) is 35.2. The number of fused-ring (bicyclic) bond motifs is 2. The minimum Gasteiger partial charge on any atom is -0.504 e. The van der Waals surface area contributed by atoms with Crippen molar-refractivity contribution in [3.63, 3.8) is 0 Å². The Hall–Kier alpha value is -5.75. The molecule has 3 aromatic heterocycles. The predicted molar refractivity (Wildman–Crippen MR) is 176 cm³/mol. The van der Waals surface area contributed by atoms with Gasteiger partial charge in [-0.25, -0.2) is 19.1 Å². The van der Waals surface area contributed by atoms with Gasteiger partial charge in [0.2, 0.25) is 5.60 Å². The molecule has 0 bridgehead atoms. The number of carboxylic acids is 2. The van der Waals surface area contributed by atoms with Gasteiger partial charge in [-0.2, -0.15) is 0 Å². The number of pyridine rings is 2. The number of aliphatic carboxylic acids is 2. The van der Waals surface area contributed by atoms with Crippen molar-refractivity contribution in [2.75, 3.05) is 11.5 Å². The van der Waals surface area contributed by atoms with Crippen molar-refractivity contribution in [2.24, 2.45) is 5.16 Å². The highest BCUT2D eigenvalue weighted by molar-refractivity contribution is 8.00. The van der Waals surface area contributed by atoms with Gasteiger partial charge in [0.25, 0.3) is 11.8 Å². The number of thioether (sulfide) groups is 1. The summed E-state index contributed by atoms with van der Waals surface area (Å²) in [7, 11) is 0. The lowest BCUT2D eigenvalue weighted by molar-refractivity contribution is -0.687. The van der Waals surface area contributed by atoms with E-state index in [1.165, 1.54) is 43.1 Å². The summed E-state index contributed by atoms with van der Waals surface area (Å²) in [6.45, 7) is 2.89. The van der Waals surface area contributed by atoms with Crippen molar-refractivity contribution < 1.29 is 49.0 Å². The van der Waals surface area contributed by atoms with E-state index in [-0.39, 0.29) is 33.8 Å². The van der Waals surface area contributed by atoms with Gasteiger partial charge in [0.05, 0.1) is 5.69 Å². The zero-order valence-corrected chi connectivity index (χ0v) is 27.4. The van der Waals surface area contributed by atoms with Crippen LogP contribution in [0, 0.1) is 0 Å². The number of nitrogen functional groups attached to an aromatic ring is 1. The molecule has 1 aromatic carbocycles. The van der Waals surface area contributed by atoms with E-state index in [1.807, 2.05) is 10.8 Å². The molecule has 2 atom stereocenters. The Balaban J connectivity index is 1.19. The van der Waals surface area contributed by atoms with Crippen LogP contribution in [0.15, 0.2) is 65.2 Å². The summed E-state index contributed by atoms with van der Waals surface area (Å²) in [5, 5.41) is 47.7. The molecule has 252 valence electrons. The van der Waals surface area contributed by atoms with Crippen LogP contribution in [0.2, 0.25) is 0 Å². The minimum absolute atomic E-state index is 0.00245. The van der Waals surface area contributed by atoms with Crippen molar-refractivity contribution in [1.82, 2.24) is 20.2 Å². The number of aromatic hydroxyl groups is 2. The molecule has 0 unspecified atom stereocenters. The number of hydrogen-bond donors (Lipinski definition) is 6. The number of aromatic nitrogens is 3. The third-order valence-corrected chi connectivity index (χ3v) is 9.70. The molecule has 0 aliphatic carbocycles. The first-order valence-electron chi connectivity index (χ1n) is 14.5. The van der Waals surface area contributed by atoms with Crippen LogP contribution in [0.5, 0.6) is 11.5 Å². The molecule has 16 nitrogen and oxygen atoms in total. The largest absolute Gasteiger partial charge is 0.504 e. The van der Waals surface area contributed by atoms with Crippen LogP contribution in [0.1, 0.15) is 30.8 Å². The number of benzene rings is 1. The summed E-state index contributed by atoms with van der Waals surface area (Å²) in [6, 6.07) is 7.07. The minimum atomic E-state index is -1.79. The molecule has 2 amide bonds. The normalized spacial score (nSPS) is 17.8. The van der Waals surface area contributed by atoms with Crippen LogP contribution in [0.25, 0.3) is 16.3 Å². The van der Waals surface area contributed by atoms with Gasteiger partial charge in [-0.05, 0) is 43.5 Å². The molecule has 2 aliphatic rings. The van der Waals surface area contributed by atoms with Crippen LogP contribution in [-0.4, -0.2) is 87.5 Å². The topological polar surface area (TPSA) is 242 Å². The van der Waals surface area contributed by atoms with Crippen molar-refractivity contribution >= 4 is 74.0 Å². The second-order valence-corrected chi connectivity index (χ2v) is 13.5. The number of rotatable bonds is 10. The summed E-state index contributed by atoms with van der Waals surface area (Å²) in [5.41, 5.74) is 4.76. The standard InChI is InChI=1S/C31H27N7O9S2/c1-31(2,29(45)46)47-36-22(19-13-49-30(32)34-19)25(41)35-23-26(42)38-24(28(43)44)17(12-48-27(23)38)18-4-3-14(9-33-18)10-37-6-5-15-7-20(39)21(40)8-16(15)11-37/h3-9,11,13,23,27H,10,12H2,1-2H3,(H6,32,34,35,40,41,43,44,45,46)/p+1/b36-22-/t23-,27-/m1/s1. The molecule has 18 heteroatoms. The van der Waals surface area contributed by atoms with Gasteiger partial charge in [0.15, 0.2) is 41.3 Å². The fraction of sp³-hybridized carbons (Fsp3) is 0.226. The Bertz CT molecular complexity index is 2100. The third kappa shape index (κ3) is 6.42. The van der Waals surface area contributed by atoms with Crippen LogP contribution in [-0.2, 0) is 30.6 Å². The number of oxime groups is 1. The molecule has 0 radical (unpaired) electrons. The average molecular weight is 707 g/mol. The highest BCUT2D eigenvalue weighted by Gasteiger charge is 2.54. The van der Waals surface area contributed by atoms with Gasteiger partial charge < -0.3 is 36.3 Å². The monoisotopic (exact) mass is 706 g/mol. The number of phenols is 2. The van der Waals surface area contributed by atoms with E-state index in [0.29, 0.717) is 23.2 Å². The Morgan fingerprint density at radius 3 is 2.53 bits per heavy atom. The zero-order valence-electron chi connectivity index (χ0n) is 25.7. The first-order chi connectivity index (χ1) is 23.2. The van der Waals surface area contributed by atoms with E-state index in [2.05, 4.69) is 20.4 Å². The number of carboxylic acid groups (broad SMARTS) is 2. The fourth-order valence-electron chi connectivity index (χ4n) is 5.09. The molecule has 1 fully saturated rings. The number of carbonyl (C=O) groups excluding carboxylic acids is 2. The molecule has 5 heterocycles. The molecule has 0 spiro atoms. The Morgan fingerprint density at radius 2 is 1.90 bits per heavy atom. The van der Waals surface area contributed by atoms with Gasteiger partial charge in [0.1, 0.15) is 22.8 Å². The number of nitrogens with zero attached hydrogens (tertiary/aromatic N) is 5. The smallest absolute Gasteiger partial charge is 0.353 e. The molecule has 6 rings (SSSR count). The van der Waals surface area contributed by atoms with Crippen molar-refractivity contribution in [2.45, 2.75) is 37.4 Å². The Kier molecular flexibility index (Phi) is 8.59. The molecule has 7 N–H and O–H groups in total. The van der Waals surface area contributed by atoms with Gasteiger partial charge in [-0.1, -0.05) is 5.16 Å². The summed E-state index contributed by atoms with van der Waals surface area (Å²) in [6.07, 6.45) is 5.22. The Labute approximate surface area is 285 Å². The highest BCUT2D eigenvalue weighted by atomic mass is 32.2. The first kappa shape index (κ1) is 33.2. The molecule has 4 aromatic rings. The number of phenolic OH excluding ortho intramolecular Hbond substituents is 2. The number of nitrogens with two attached hydrogens (primary N) is 1. The number of nitrogens with one attached hydrogen (secondary N) is 1. The summed E-state index contributed by atoms with van der Waals surface area (Å²) in [4.78, 5) is 65.4. The maximum Gasteiger partial charge on any atom is 0.353 e. The third-order valence-electron chi connectivity index (χ3n) is 7.75. The van der Waals surface area contributed by atoms with E-state index in [9.17, 15) is 39.6 Å². The van der Waals surface area contributed by atoms with Crippen LogP contribution < -0.4 is 15.6 Å². The number of amides is 2. The number of carbonyl (C=O) groups is 4. The molecular weight excluding hydrogens is 679 g/mol. The number of thiazole rings is 1. The average Bonchev–Trinajstić information content (AvgIpc) is 3.49. The summed E-state index contributed by atoms with van der Waals surface area (Å²) < 4.78 is 1.87. The lowest BCUT2D eigenvalue weighted by Crippen LogP contribution is -2.71. The van der Waals surface area contributed by atoms with E-state index in [1.54, 1.807) is 30.6 Å². The maximum absolute atomic E-state index is 13.3. The summed E-state index contributed by atoms with van der Waals surface area (Å²) in [5.74, 6) is -4.51. The van der Waals surface area contributed by atoms with Crippen molar-refractivity contribution in [3.05, 3.63) is 77.0 Å². The fourth-order valence-corrected chi connectivity index (χ4v) is 7.00. The molecule has 0 saturated carbocycles. The quantitative estimate of drug-likeness (QED) is 0.0451. The second-order valence-electron chi connectivity index (χ2n) is 11.5. The van der Waals surface area contributed by atoms with E-state index >= 15 is 0 Å². The van der Waals surface area contributed by atoms with E-state index in [4.69, 9.17) is 10.6 Å². The predicted octanol–water partition coefficient (Wildman–Crippen LogP) is 1.50. The van der Waals surface area contributed by atoms with Gasteiger partial charge in [-0.15, -0.1) is 23.1 Å². The van der Waals surface area contributed by atoms with Crippen LogP contribution in [0.4, 0.5) is 5.13 Å². The van der Waals surface area contributed by atoms with Crippen molar-refractivity contribution in [3.8, 4) is 11.5 Å². The number of hydrogen-bond acceptors (Lipinski definition) is 13. The summed E-state index contributed by atoms with van der Waals surface area (Å²) >= 11 is 2.25. The highest BCUT2D eigenvalue weighted by Crippen LogP contribution is 2.43. The van der Waals surface area contributed by atoms with Gasteiger partial charge in [-0.3, -0.25) is 19.5 Å². The van der Waals surface area contributed by atoms with E-state index in [0.717, 1.165) is 27.2 Å². The molecular formula is C31H28N7O9S2+. The lowest BCUT2D eigenvalue weighted by Gasteiger charge is -2.49. The molecule has 49 heavy (non-hydrogen) atoms. The number of β-lactam (4-membered cyclic amide) rings is 1. The first-order valence-corrected chi connectivity index (χ1v) is 16.4. The molecule has 2 aliphatic heterocycles. The van der Waals surface area contributed by atoms with Crippen molar-refractivity contribution in [1.29, 1.82) is 0 Å². The Morgan fingerprint density at radius 1 is 1.16 bits per heavy atom. The van der Waals surface area contributed by atoms with Gasteiger partial charge >= 0.3 is 11.9 Å². The number of anilines is 1. The second kappa shape index (κ2) is 12.7. The van der Waals surface area contributed by atoms with E-state index < -0.39 is 46.5 Å².